The Labute approximate surface area is 215 Å². The van der Waals surface area contributed by atoms with Gasteiger partial charge in [-0.05, 0) is 81.8 Å². The van der Waals surface area contributed by atoms with Gasteiger partial charge in [-0.25, -0.2) is 9.97 Å². The van der Waals surface area contributed by atoms with Crippen molar-refractivity contribution in [2.45, 2.75) is 65.2 Å². The molecule has 0 radical (unpaired) electrons. The van der Waals surface area contributed by atoms with Crippen molar-refractivity contribution < 1.29 is 9.59 Å². The van der Waals surface area contributed by atoms with Crippen LogP contribution in [0.25, 0.3) is 0 Å². The largest absolute Gasteiger partial charge is 0.356 e. The summed E-state index contributed by atoms with van der Waals surface area (Å²) in [6.45, 7) is 8.64. The summed E-state index contributed by atoms with van der Waals surface area (Å²) in [7, 11) is 0. The fourth-order valence-corrected chi connectivity index (χ4v) is 4.85. The molecule has 2 fully saturated rings. The maximum atomic E-state index is 11.0. The first-order valence-corrected chi connectivity index (χ1v) is 13.4. The number of anilines is 1. The summed E-state index contributed by atoms with van der Waals surface area (Å²) in [5.74, 6) is 2.62. The maximum absolute atomic E-state index is 11.0. The van der Waals surface area contributed by atoms with Crippen molar-refractivity contribution in [1.82, 2.24) is 15.3 Å². The Morgan fingerprint density at radius 2 is 1.49 bits per heavy atom. The van der Waals surface area contributed by atoms with Gasteiger partial charge in [0.25, 0.3) is 0 Å². The molecule has 192 valence electrons. The Hall–Kier alpha value is -2.31. The molecule has 0 unspecified atom stereocenters. The smallest absolute Gasteiger partial charge is 0.153 e. The number of aromatic nitrogens is 2. The molecule has 0 aliphatic heterocycles. The Kier molecular flexibility index (Phi) is 14.2. The molecule has 2 aliphatic rings. The maximum Gasteiger partial charge on any atom is 0.153 e. The van der Waals surface area contributed by atoms with Crippen LogP contribution in [0.4, 0.5) is 5.82 Å². The molecular weight excluding hydrogens is 460 g/mol. The van der Waals surface area contributed by atoms with E-state index in [0.29, 0.717) is 17.4 Å². The van der Waals surface area contributed by atoms with Gasteiger partial charge in [-0.15, -0.1) is 0 Å². The van der Waals surface area contributed by atoms with Crippen LogP contribution >= 0.6 is 11.6 Å². The molecule has 6 nitrogen and oxygen atoms in total. The van der Waals surface area contributed by atoms with E-state index in [-0.39, 0.29) is 5.15 Å². The van der Waals surface area contributed by atoms with E-state index >= 15 is 0 Å². The number of rotatable bonds is 9. The van der Waals surface area contributed by atoms with Gasteiger partial charge >= 0.3 is 0 Å². The van der Waals surface area contributed by atoms with Crippen molar-refractivity contribution in [2.24, 2.45) is 11.8 Å². The highest BCUT2D eigenvalue weighted by atomic mass is 35.5. The molecule has 0 atom stereocenters. The Balaban J connectivity index is 0.000000203. The second kappa shape index (κ2) is 17.2. The Bertz CT molecular complexity index is 868. The predicted molar refractivity (Wildman–Crippen MR) is 145 cm³/mol. The van der Waals surface area contributed by atoms with Crippen LogP contribution in [0.2, 0.25) is 5.15 Å². The third-order valence-corrected chi connectivity index (χ3v) is 6.97. The van der Waals surface area contributed by atoms with Crippen LogP contribution in [0.15, 0.2) is 36.7 Å². The average molecular weight is 501 g/mol. The topological polar surface area (TPSA) is 75.2 Å². The number of aldehydes is 2. The van der Waals surface area contributed by atoms with Crippen LogP contribution in [0.3, 0.4) is 0 Å². The molecule has 0 amide bonds. The van der Waals surface area contributed by atoms with Crippen LogP contribution < -0.4 is 10.2 Å². The number of carbonyl (C=O) groups is 2. The van der Waals surface area contributed by atoms with E-state index in [1.165, 1.54) is 64.1 Å². The van der Waals surface area contributed by atoms with Crippen LogP contribution in [-0.2, 0) is 0 Å². The summed E-state index contributed by atoms with van der Waals surface area (Å²) >= 11 is 5.48. The van der Waals surface area contributed by atoms with Gasteiger partial charge in [0.2, 0.25) is 0 Å². The van der Waals surface area contributed by atoms with Crippen molar-refractivity contribution >= 4 is 30.0 Å². The lowest BCUT2D eigenvalue weighted by molar-refractivity contribution is 0.111. The number of hydrogen-bond donors (Lipinski definition) is 1. The van der Waals surface area contributed by atoms with Crippen molar-refractivity contribution in [2.75, 3.05) is 31.1 Å². The number of nitrogens with zero attached hydrogens (tertiary/aromatic N) is 3. The van der Waals surface area contributed by atoms with Crippen LogP contribution in [0.1, 0.15) is 85.9 Å². The summed E-state index contributed by atoms with van der Waals surface area (Å²) in [6, 6.07) is 6.93. The highest BCUT2D eigenvalue weighted by Crippen LogP contribution is 2.27. The zero-order valence-corrected chi connectivity index (χ0v) is 22.1. The van der Waals surface area contributed by atoms with Gasteiger partial charge in [0.15, 0.2) is 12.6 Å². The summed E-state index contributed by atoms with van der Waals surface area (Å²) in [5.41, 5.74) is 1.13. The zero-order chi connectivity index (χ0) is 25.3. The lowest BCUT2D eigenvalue weighted by Crippen LogP contribution is -2.30. The number of nitrogens with one attached hydrogen (secondary N) is 1. The van der Waals surface area contributed by atoms with Gasteiger partial charge in [0.1, 0.15) is 11.0 Å². The lowest BCUT2D eigenvalue weighted by atomic mass is 10.1. The second-order valence-electron chi connectivity index (χ2n) is 9.18. The molecule has 0 bridgehead atoms. The minimum Gasteiger partial charge on any atom is -0.356 e. The molecule has 2 heterocycles. The fourth-order valence-electron chi connectivity index (χ4n) is 4.68. The molecule has 2 saturated carbocycles. The van der Waals surface area contributed by atoms with E-state index in [4.69, 9.17) is 11.6 Å². The molecule has 2 aromatic rings. The van der Waals surface area contributed by atoms with E-state index < -0.39 is 0 Å². The number of halogens is 1. The molecule has 0 spiro atoms. The van der Waals surface area contributed by atoms with Gasteiger partial charge in [-0.2, -0.15) is 0 Å². The summed E-state index contributed by atoms with van der Waals surface area (Å²) in [4.78, 5) is 31.4. The van der Waals surface area contributed by atoms with Crippen LogP contribution in [0.5, 0.6) is 0 Å². The monoisotopic (exact) mass is 500 g/mol. The SMILES string of the molecule is CCN(CC1CCCC1)c1ncccc1C=O.CCNCC1CCCC1.O=Cc1cccnc1Cl. The third kappa shape index (κ3) is 10.5. The molecule has 2 aliphatic carbocycles. The molecule has 7 heteroatoms. The van der Waals surface area contributed by atoms with Crippen molar-refractivity contribution in [1.29, 1.82) is 0 Å². The van der Waals surface area contributed by atoms with Gasteiger partial charge in [-0.3, -0.25) is 9.59 Å². The van der Waals surface area contributed by atoms with Gasteiger partial charge in [0, 0.05) is 25.5 Å². The lowest BCUT2D eigenvalue weighted by Gasteiger charge is -2.26. The second-order valence-corrected chi connectivity index (χ2v) is 9.54. The number of hydrogen-bond acceptors (Lipinski definition) is 6. The molecule has 1 N–H and O–H groups in total. The highest BCUT2D eigenvalue weighted by molar-refractivity contribution is 6.31. The number of pyridine rings is 2. The molecule has 4 rings (SSSR count). The van der Waals surface area contributed by atoms with Crippen molar-refractivity contribution in [3.8, 4) is 0 Å². The highest BCUT2D eigenvalue weighted by Gasteiger charge is 2.20. The quantitative estimate of drug-likeness (QED) is 0.324. The summed E-state index contributed by atoms with van der Waals surface area (Å²) < 4.78 is 0. The molecular formula is C28H41ClN4O2. The van der Waals surface area contributed by atoms with Crippen molar-refractivity contribution in [3.63, 3.8) is 0 Å². The molecule has 0 aromatic carbocycles. The standard InChI is InChI=1S/C14H20N2O.C8H17N.C6H4ClNO/c1-2-16(10-12-6-3-4-7-12)14-13(11-17)8-5-9-15-14;1-2-9-7-8-5-3-4-6-8;7-6-5(4-9)2-1-3-8-6/h5,8-9,11-12H,2-4,6-7,10H2,1H3;8-9H,2-7H2,1H3;1-4H. The first kappa shape index (κ1) is 28.9. The van der Waals surface area contributed by atoms with E-state index in [1.807, 2.05) is 12.1 Å². The normalized spacial score (nSPS) is 15.5. The first-order chi connectivity index (χ1) is 17.1. The number of carbonyl (C=O) groups excluding carboxylic acids is 2. The van der Waals surface area contributed by atoms with E-state index in [0.717, 1.165) is 43.6 Å². The first-order valence-electron chi connectivity index (χ1n) is 13.0. The van der Waals surface area contributed by atoms with E-state index in [2.05, 4.69) is 34.0 Å². The van der Waals surface area contributed by atoms with E-state index in [1.54, 1.807) is 18.3 Å². The Morgan fingerprint density at radius 1 is 0.914 bits per heavy atom. The average Bonchev–Trinajstić information content (AvgIpc) is 3.62. The van der Waals surface area contributed by atoms with E-state index in [9.17, 15) is 9.59 Å². The third-order valence-electron chi connectivity index (χ3n) is 6.65. The molecule has 2 aromatic heterocycles. The molecule has 35 heavy (non-hydrogen) atoms. The van der Waals surface area contributed by atoms with Gasteiger partial charge in [-0.1, -0.05) is 44.2 Å². The Morgan fingerprint density at radius 3 is 2.00 bits per heavy atom. The van der Waals surface area contributed by atoms with Crippen LogP contribution in [0, 0.1) is 11.8 Å². The van der Waals surface area contributed by atoms with Crippen LogP contribution in [-0.4, -0.2) is 48.7 Å². The van der Waals surface area contributed by atoms with Gasteiger partial charge in [0.05, 0.1) is 11.1 Å². The minimum absolute atomic E-state index is 0.257. The summed E-state index contributed by atoms with van der Waals surface area (Å²) in [5, 5.41) is 3.65. The molecule has 0 saturated heterocycles. The summed E-state index contributed by atoms with van der Waals surface area (Å²) in [6.07, 6.45) is 16.1. The van der Waals surface area contributed by atoms with Crippen molar-refractivity contribution in [3.05, 3.63) is 52.9 Å². The zero-order valence-electron chi connectivity index (χ0n) is 21.3. The predicted octanol–water partition coefficient (Wildman–Crippen LogP) is 6.24. The fraction of sp³-hybridized carbons (Fsp3) is 0.571. The minimum atomic E-state index is 0.257. The van der Waals surface area contributed by atoms with Gasteiger partial charge < -0.3 is 10.2 Å².